The maximum Gasteiger partial charge on any atom is 0.325 e. The molecule has 4 heteroatoms. The van der Waals surface area contributed by atoms with E-state index in [0.29, 0.717) is 0 Å². The number of rotatable bonds is 4. The fourth-order valence-corrected chi connectivity index (χ4v) is 2.78. The molecule has 0 heterocycles. The number of hydrogen-bond acceptors (Lipinski definition) is 2. The van der Waals surface area contributed by atoms with Crippen LogP contribution in [-0.4, -0.2) is 23.0 Å². The first-order valence-electron chi connectivity index (χ1n) is 6.65. The van der Waals surface area contributed by atoms with Crippen molar-refractivity contribution in [3.63, 3.8) is 0 Å². The molecule has 2 N–H and O–H groups in total. The first-order chi connectivity index (χ1) is 9.06. The Bertz CT molecular complexity index is 464. The molecule has 0 saturated heterocycles. The molecule has 0 radical (unpaired) electrons. The van der Waals surface area contributed by atoms with Crippen molar-refractivity contribution >= 4 is 11.9 Å². The van der Waals surface area contributed by atoms with Crippen LogP contribution in [-0.2, 0) is 15.0 Å². The van der Waals surface area contributed by atoms with E-state index >= 15 is 0 Å². The van der Waals surface area contributed by atoms with E-state index in [0.717, 1.165) is 31.2 Å². The first kappa shape index (κ1) is 13.6. The number of carbonyl (C=O) groups is 2. The minimum absolute atomic E-state index is 0.161. The molecule has 1 unspecified atom stereocenters. The van der Waals surface area contributed by atoms with Gasteiger partial charge in [0.15, 0.2) is 0 Å². The van der Waals surface area contributed by atoms with Gasteiger partial charge in [-0.25, -0.2) is 0 Å². The first-order valence-corrected chi connectivity index (χ1v) is 6.65. The summed E-state index contributed by atoms with van der Waals surface area (Å²) in [5.74, 6) is -1.17. The van der Waals surface area contributed by atoms with Crippen molar-refractivity contribution in [2.24, 2.45) is 0 Å². The van der Waals surface area contributed by atoms with Gasteiger partial charge in [0.2, 0.25) is 5.91 Å². The van der Waals surface area contributed by atoms with Gasteiger partial charge in [0.1, 0.15) is 6.04 Å². The highest BCUT2D eigenvalue weighted by Gasteiger charge is 2.43. The van der Waals surface area contributed by atoms with Crippen LogP contribution in [0.3, 0.4) is 0 Å². The van der Waals surface area contributed by atoms with Crippen LogP contribution in [0.2, 0.25) is 0 Å². The average molecular weight is 261 g/mol. The molecular weight excluding hydrogens is 242 g/mol. The Balaban J connectivity index is 2.25. The highest BCUT2D eigenvalue weighted by molar-refractivity contribution is 5.91. The van der Waals surface area contributed by atoms with Gasteiger partial charge in [-0.1, -0.05) is 43.2 Å². The molecule has 2 rings (SSSR count). The third-order valence-electron chi connectivity index (χ3n) is 3.94. The zero-order valence-corrected chi connectivity index (χ0v) is 11.1. The molecule has 4 nitrogen and oxygen atoms in total. The van der Waals surface area contributed by atoms with Crippen LogP contribution >= 0.6 is 0 Å². The monoisotopic (exact) mass is 261 g/mol. The van der Waals surface area contributed by atoms with Gasteiger partial charge < -0.3 is 10.4 Å². The van der Waals surface area contributed by atoms with E-state index < -0.39 is 17.4 Å². The van der Waals surface area contributed by atoms with Gasteiger partial charge in [0.25, 0.3) is 0 Å². The smallest absolute Gasteiger partial charge is 0.325 e. The summed E-state index contributed by atoms with van der Waals surface area (Å²) in [6.07, 6.45) is 3.58. The van der Waals surface area contributed by atoms with Crippen molar-refractivity contribution in [2.45, 2.75) is 44.1 Å². The fraction of sp³-hybridized carbons (Fsp3) is 0.467. The summed E-state index contributed by atoms with van der Waals surface area (Å²) in [4.78, 5) is 23.4. The number of hydrogen-bond donors (Lipinski definition) is 2. The molecule has 1 amide bonds. The zero-order chi connectivity index (χ0) is 13.9. The number of amides is 1. The van der Waals surface area contributed by atoms with Crippen LogP contribution in [0.4, 0.5) is 0 Å². The molecular formula is C15H19NO3. The lowest BCUT2D eigenvalue weighted by Gasteiger charge is -2.29. The van der Waals surface area contributed by atoms with Crippen molar-refractivity contribution in [1.82, 2.24) is 5.32 Å². The van der Waals surface area contributed by atoms with Crippen molar-refractivity contribution in [2.75, 3.05) is 0 Å². The van der Waals surface area contributed by atoms with Crippen LogP contribution in [0.15, 0.2) is 30.3 Å². The minimum atomic E-state index is -1.01. The summed E-state index contributed by atoms with van der Waals surface area (Å²) in [5, 5.41) is 11.5. The second-order valence-corrected chi connectivity index (χ2v) is 5.19. The average Bonchev–Trinajstić information content (AvgIpc) is 2.90. The van der Waals surface area contributed by atoms with Gasteiger partial charge >= 0.3 is 5.97 Å². The van der Waals surface area contributed by atoms with Crippen molar-refractivity contribution in [3.05, 3.63) is 35.9 Å². The molecule has 0 aliphatic heterocycles. The van der Waals surface area contributed by atoms with E-state index in [1.807, 2.05) is 30.3 Å². The Morgan fingerprint density at radius 2 is 1.79 bits per heavy atom. The van der Waals surface area contributed by atoms with Gasteiger partial charge in [-0.3, -0.25) is 9.59 Å². The summed E-state index contributed by atoms with van der Waals surface area (Å²) in [6, 6.07) is 8.82. The molecule has 19 heavy (non-hydrogen) atoms. The van der Waals surface area contributed by atoms with Crippen LogP contribution < -0.4 is 5.32 Å². The second-order valence-electron chi connectivity index (χ2n) is 5.19. The maximum absolute atomic E-state index is 12.5. The van der Waals surface area contributed by atoms with Crippen LogP contribution in [0.25, 0.3) is 0 Å². The third-order valence-corrected chi connectivity index (χ3v) is 3.94. The van der Waals surface area contributed by atoms with Gasteiger partial charge in [-0.15, -0.1) is 0 Å². The van der Waals surface area contributed by atoms with E-state index in [1.54, 1.807) is 0 Å². The van der Waals surface area contributed by atoms with Gasteiger partial charge in [-0.05, 0) is 25.3 Å². The number of carbonyl (C=O) groups excluding carboxylic acids is 1. The standard InChI is InChI=1S/C15H19NO3/c1-11(13(17)18)16-14(19)15(9-5-6-10-15)12-7-3-2-4-8-12/h2-4,7-8,11H,5-6,9-10H2,1H3,(H,16,19)(H,17,18). The highest BCUT2D eigenvalue weighted by Crippen LogP contribution is 2.41. The number of nitrogens with one attached hydrogen (secondary N) is 1. The Hall–Kier alpha value is -1.84. The lowest BCUT2D eigenvalue weighted by atomic mass is 9.78. The maximum atomic E-state index is 12.5. The molecule has 102 valence electrons. The van der Waals surface area contributed by atoms with Gasteiger partial charge in [0.05, 0.1) is 5.41 Å². The summed E-state index contributed by atoms with van der Waals surface area (Å²) in [6.45, 7) is 1.49. The molecule has 1 aliphatic rings. The lowest BCUT2D eigenvalue weighted by molar-refractivity contribution is -0.142. The normalized spacial score (nSPS) is 18.8. The Morgan fingerprint density at radius 1 is 1.21 bits per heavy atom. The molecule has 0 aromatic heterocycles. The van der Waals surface area contributed by atoms with Gasteiger partial charge in [0, 0.05) is 0 Å². The predicted molar refractivity (Wildman–Crippen MR) is 71.8 cm³/mol. The Labute approximate surface area is 112 Å². The molecule has 0 spiro atoms. The minimum Gasteiger partial charge on any atom is -0.480 e. The predicted octanol–water partition coefficient (Wildman–Crippen LogP) is 2.09. The summed E-state index contributed by atoms with van der Waals surface area (Å²) in [7, 11) is 0. The second kappa shape index (κ2) is 5.43. The van der Waals surface area contributed by atoms with E-state index in [2.05, 4.69) is 5.32 Å². The SMILES string of the molecule is CC(NC(=O)C1(c2ccccc2)CCCC1)C(=O)O. The summed E-state index contributed by atoms with van der Waals surface area (Å²) in [5.41, 5.74) is 0.438. The van der Waals surface area contributed by atoms with Crippen molar-refractivity contribution < 1.29 is 14.7 Å². The van der Waals surface area contributed by atoms with Gasteiger partial charge in [-0.2, -0.15) is 0 Å². The molecule has 1 atom stereocenters. The zero-order valence-electron chi connectivity index (χ0n) is 11.1. The summed E-state index contributed by atoms with van der Waals surface area (Å²) < 4.78 is 0. The van der Waals surface area contributed by atoms with E-state index in [9.17, 15) is 9.59 Å². The highest BCUT2D eigenvalue weighted by atomic mass is 16.4. The fourth-order valence-electron chi connectivity index (χ4n) is 2.78. The summed E-state index contributed by atoms with van der Waals surface area (Å²) >= 11 is 0. The molecule has 1 aliphatic carbocycles. The Kier molecular flexibility index (Phi) is 3.88. The van der Waals surface area contributed by atoms with E-state index in [4.69, 9.17) is 5.11 Å². The number of benzene rings is 1. The molecule has 0 bridgehead atoms. The quantitative estimate of drug-likeness (QED) is 0.872. The molecule has 1 fully saturated rings. The topological polar surface area (TPSA) is 66.4 Å². The van der Waals surface area contributed by atoms with Crippen LogP contribution in [0.1, 0.15) is 38.2 Å². The lowest BCUT2D eigenvalue weighted by Crippen LogP contribution is -2.48. The number of carboxylic acid groups (broad SMARTS) is 1. The number of carboxylic acids is 1. The van der Waals surface area contributed by atoms with E-state index in [1.165, 1.54) is 6.92 Å². The Morgan fingerprint density at radius 3 is 2.32 bits per heavy atom. The molecule has 1 aromatic rings. The van der Waals surface area contributed by atoms with Crippen LogP contribution in [0.5, 0.6) is 0 Å². The van der Waals surface area contributed by atoms with E-state index in [-0.39, 0.29) is 5.91 Å². The van der Waals surface area contributed by atoms with Crippen molar-refractivity contribution in [3.8, 4) is 0 Å². The number of aliphatic carboxylic acids is 1. The third kappa shape index (κ3) is 2.62. The van der Waals surface area contributed by atoms with Crippen molar-refractivity contribution in [1.29, 1.82) is 0 Å². The van der Waals surface area contributed by atoms with Crippen LogP contribution in [0, 0.1) is 0 Å². The molecule has 1 aromatic carbocycles. The molecule has 1 saturated carbocycles. The largest absolute Gasteiger partial charge is 0.480 e.